The largest absolute Gasteiger partial charge is 0.308 e. The highest BCUT2D eigenvalue weighted by atomic mass is 35.5. The predicted molar refractivity (Wildman–Crippen MR) is 120 cm³/mol. The van der Waals surface area contributed by atoms with Crippen LogP contribution >= 0.6 is 47.1 Å². The summed E-state index contributed by atoms with van der Waals surface area (Å²) in [7, 11) is 3.80. The number of hydrogen-bond acceptors (Lipinski definition) is 5. The van der Waals surface area contributed by atoms with Gasteiger partial charge >= 0.3 is 0 Å². The van der Waals surface area contributed by atoms with Gasteiger partial charge in [-0.05, 0) is 44.4 Å². The first-order valence-electron chi connectivity index (χ1n) is 8.42. The number of rotatable bonds is 7. The van der Waals surface area contributed by atoms with Crippen LogP contribution < -0.4 is 4.90 Å². The van der Waals surface area contributed by atoms with E-state index in [0.717, 1.165) is 22.3 Å². The summed E-state index contributed by atoms with van der Waals surface area (Å²) in [5.41, 5.74) is 0.0782. The van der Waals surface area contributed by atoms with Crippen molar-refractivity contribution in [1.29, 1.82) is 0 Å². The third kappa shape index (κ3) is 6.26. The molecular weight excluding hydrogens is 459 g/mol. The van der Waals surface area contributed by atoms with Crippen molar-refractivity contribution in [2.45, 2.75) is 4.90 Å². The van der Waals surface area contributed by atoms with Crippen molar-refractivity contribution < 1.29 is 13.6 Å². The number of amides is 1. The van der Waals surface area contributed by atoms with E-state index in [4.69, 9.17) is 11.6 Å². The number of likely N-dealkylation sites (N-methyl/N-ethyl adjacent to an activating group) is 1. The van der Waals surface area contributed by atoms with Crippen molar-refractivity contribution in [2.24, 2.45) is 0 Å². The molecule has 4 nitrogen and oxygen atoms in total. The molecule has 0 unspecified atom stereocenters. The molecule has 0 radical (unpaired) electrons. The zero-order valence-electron chi connectivity index (χ0n) is 15.7. The Balaban J connectivity index is 0.00000300. The van der Waals surface area contributed by atoms with Crippen LogP contribution in [-0.2, 0) is 4.79 Å². The molecule has 1 heterocycles. The number of halogens is 4. The van der Waals surface area contributed by atoms with E-state index in [-0.39, 0.29) is 29.6 Å². The Morgan fingerprint density at radius 1 is 1.17 bits per heavy atom. The van der Waals surface area contributed by atoms with Gasteiger partial charge < -0.3 is 4.90 Å². The number of carbonyl (C=O) groups excluding carboxylic acids is 1. The minimum Gasteiger partial charge on any atom is -0.308 e. The Hall–Kier alpha value is -1.45. The zero-order chi connectivity index (χ0) is 20.3. The molecule has 0 saturated carbocycles. The molecule has 0 bridgehead atoms. The lowest BCUT2D eigenvalue weighted by atomic mass is 10.3. The van der Waals surface area contributed by atoms with E-state index in [0.29, 0.717) is 27.9 Å². The van der Waals surface area contributed by atoms with Crippen LogP contribution in [0.5, 0.6) is 0 Å². The highest BCUT2D eigenvalue weighted by molar-refractivity contribution is 8.00. The van der Waals surface area contributed by atoms with Crippen molar-refractivity contribution in [1.82, 2.24) is 9.88 Å². The lowest BCUT2D eigenvalue weighted by Gasteiger charge is -2.21. The number of thiazole rings is 1. The van der Waals surface area contributed by atoms with Gasteiger partial charge in [-0.2, -0.15) is 0 Å². The number of carbonyl (C=O) groups is 1. The molecule has 0 N–H and O–H groups in total. The molecule has 3 aromatic rings. The van der Waals surface area contributed by atoms with E-state index in [1.54, 1.807) is 12.1 Å². The maximum Gasteiger partial charge on any atom is 0.239 e. The number of nitrogens with zero attached hydrogens (tertiary/aromatic N) is 3. The van der Waals surface area contributed by atoms with Gasteiger partial charge in [0.05, 0.1) is 10.5 Å². The number of hydrogen-bond donors (Lipinski definition) is 0. The van der Waals surface area contributed by atoms with Crippen LogP contribution in [0.15, 0.2) is 41.3 Å². The van der Waals surface area contributed by atoms with E-state index in [2.05, 4.69) is 4.98 Å². The first-order chi connectivity index (χ1) is 13.3. The molecule has 0 aliphatic rings. The number of thioether (sulfide) groups is 1. The molecule has 0 aliphatic carbocycles. The second-order valence-corrected chi connectivity index (χ2v) is 8.82. The summed E-state index contributed by atoms with van der Waals surface area (Å²) in [6.07, 6.45) is 0. The lowest BCUT2D eigenvalue weighted by Crippen LogP contribution is -2.37. The SMILES string of the molecule is CN(C)CCN(C(=O)CSc1ccc(Cl)cc1)c1nc2c(F)cc(F)cc2s1.Cl. The summed E-state index contributed by atoms with van der Waals surface area (Å²) in [5, 5.41) is 0.995. The second kappa shape index (κ2) is 10.5. The normalized spacial score (nSPS) is 11.0. The van der Waals surface area contributed by atoms with Crippen molar-refractivity contribution in [3.05, 3.63) is 53.1 Å². The molecule has 3 rings (SSSR count). The van der Waals surface area contributed by atoms with Crippen molar-refractivity contribution in [3.8, 4) is 0 Å². The molecule has 29 heavy (non-hydrogen) atoms. The fraction of sp³-hybridized carbons (Fsp3) is 0.263. The predicted octanol–water partition coefficient (Wildman–Crippen LogP) is 5.34. The molecule has 0 aliphatic heterocycles. The molecule has 1 amide bonds. The quantitative estimate of drug-likeness (QED) is 0.430. The van der Waals surface area contributed by atoms with E-state index in [1.807, 2.05) is 31.1 Å². The van der Waals surface area contributed by atoms with E-state index in [1.165, 1.54) is 22.7 Å². The Bertz CT molecular complexity index is 983. The maximum absolute atomic E-state index is 14.0. The third-order valence-electron chi connectivity index (χ3n) is 3.88. The van der Waals surface area contributed by atoms with Gasteiger partial charge in [-0.1, -0.05) is 22.9 Å². The Morgan fingerprint density at radius 2 is 1.86 bits per heavy atom. The second-order valence-electron chi connectivity index (χ2n) is 6.32. The summed E-state index contributed by atoms with van der Waals surface area (Å²) in [6, 6.07) is 9.26. The standard InChI is InChI=1S/C19H18ClF2N3OS2.ClH/c1-24(2)7-8-25(17(26)11-27-14-5-3-12(20)4-6-14)19-23-18-15(22)9-13(21)10-16(18)28-19;/h3-6,9-10H,7-8,11H2,1-2H3;1H. The molecule has 0 fully saturated rings. The van der Waals surface area contributed by atoms with Crippen LogP contribution in [-0.4, -0.2) is 48.7 Å². The van der Waals surface area contributed by atoms with Gasteiger partial charge in [0.1, 0.15) is 11.3 Å². The molecule has 1 aromatic heterocycles. The highest BCUT2D eigenvalue weighted by Crippen LogP contribution is 2.32. The Morgan fingerprint density at radius 3 is 2.52 bits per heavy atom. The van der Waals surface area contributed by atoms with Gasteiger partial charge in [0.2, 0.25) is 5.91 Å². The van der Waals surface area contributed by atoms with E-state index in [9.17, 15) is 13.6 Å². The van der Waals surface area contributed by atoms with Gasteiger partial charge in [-0.3, -0.25) is 9.69 Å². The van der Waals surface area contributed by atoms with Gasteiger partial charge in [0, 0.05) is 29.1 Å². The molecule has 0 spiro atoms. The molecule has 0 saturated heterocycles. The van der Waals surface area contributed by atoms with Gasteiger partial charge in [-0.15, -0.1) is 24.2 Å². The summed E-state index contributed by atoms with van der Waals surface area (Å²) < 4.78 is 27.9. The Kier molecular flexibility index (Phi) is 8.66. The van der Waals surface area contributed by atoms with Crippen molar-refractivity contribution in [3.63, 3.8) is 0 Å². The van der Waals surface area contributed by atoms with Crippen LogP contribution in [0.4, 0.5) is 13.9 Å². The fourth-order valence-corrected chi connectivity index (χ4v) is 4.39. The summed E-state index contributed by atoms with van der Waals surface area (Å²) in [6.45, 7) is 1.01. The number of fused-ring (bicyclic) bond motifs is 1. The molecule has 156 valence electrons. The topological polar surface area (TPSA) is 36.4 Å². The molecule has 0 atom stereocenters. The average molecular weight is 478 g/mol. The van der Waals surface area contributed by atoms with Crippen molar-refractivity contribution >= 4 is 68.4 Å². The van der Waals surface area contributed by atoms with Gasteiger partial charge in [-0.25, -0.2) is 13.8 Å². The third-order valence-corrected chi connectivity index (χ3v) is 6.15. The summed E-state index contributed by atoms with van der Waals surface area (Å²) >= 11 is 8.38. The summed E-state index contributed by atoms with van der Waals surface area (Å²) in [5.74, 6) is -1.35. The number of aromatic nitrogens is 1. The van der Waals surface area contributed by atoms with E-state index >= 15 is 0 Å². The van der Waals surface area contributed by atoms with Crippen LogP contribution in [0.3, 0.4) is 0 Å². The molecule has 2 aromatic carbocycles. The smallest absolute Gasteiger partial charge is 0.239 e. The number of benzene rings is 2. The fourth-order valence-electron chi connectivity index (χ4n) is 2.44. The molecular formula is C19H19Cl2F2N3OS2. The number of anilines is 1. The minimum absolute atomic E-state index is 0. The first kappa shape index (κ1) is 23.8. The molecule has 10 heteroatoms. The Labute approximate surface area is 187 Å². The first-order valence-corrected chi connectivity index (χ1v) is 10.6. The van der Waals surface area contributed by atoms with Gasteiger partial charge in [0.15, 0.2) is 10.9 Å². The highest BCUT2D eigenvalue weighted by Gasteiger charge is 2.21. The zero-order valence-corrected chi connectivity index (χ0v) is 18.9. The van der Waals surface area contributed by atoms with E-state index < -0.39 is 11.6 Å². The minimum atomic E-state index is -0.729. The van der Waals surface area contributed by atoms with Crippen LogP contribution in [0, 0.1) is 11.6 Å². The van der Waals surface area contributed by atoms with Crippen LogP contribution in [0.25, 0.3) is 10.2 Å². The van der Waals surface area contributed by atoms with Crippen LogP contribution in [0.2, 0.25) is 5.02 Å². The van der Waals surface area contributed by atoms with Crippen LogP contribution in [0.1, 0.15) is 0 Å². The average Bonchev–Trinajstić information content (AvgIpc) is 3.05. The van der Waals surface area contributed by atoms with Crippen molar-refractivity contribution in [2.75, 3.05) is 37.8 Å². The maximum atomic E-state index is 14.0. The summed E-state index contributed by atoms with van der Waals surface area (Å²) in [4.78, 5) is 21.5. The monoisotopic (exact) mass is 477 g/mol. The lowest BCUT2D eigenvalue weighted by molar-refractivity contribution is -0.116. The van der Waals surface area contributed by atoms with Gasteiger partial charge in [0.25, 0.3) is 0 Å².